The third-order valence-corrected chi connectivity index (χ3v) is 4.93. The molecule has 3 rings (SSSR count). The van der Waals surface area contributed by atoms with Gasteiger partial charge in [0.2, 0.25) is 0 Å². The maximum absolute atomic E-state index is 13.1. The Bertz CT molecular complexity index is 795. The van der Waals surface area contributed by atoms with Gasteiger partial charge < -0.3 is 19.1 Å². The third kappa shape index (κ3) is 3.75. The van der Waals surface area contributed by atoms with Gasteiger partial charge in [0.15, 0.2) is 5.75 Å². The van der Waals surface area contributed by atoms with Crippen molar-refractivity contribution < 1.29 is 19.0 Å². The van der Waals surface area contributed by atoms with Crippen LogP contribution in [0.15, 0.2) is 36.4 Å². The summed E-state index contributed by atoms with van der Waals surface area (Å²) in [5, 5.41) is 0.656. The van der Waals surface area contributed by atoms with Crippen molar-refractivity contribution >= 4 is 29.1 Å². The van der Waals surface area contributed by atoms with E-state index in [1.54, 1.807) is 24.1 Å². The standard InChI is InChI=1S/C19H19Cl2NO4/c1-24-13-5-3-12(4-6-13)16-11-22(9-10-26-16)19(23)17-14(20)7-8-15(21)18(17)25-2/h3-8,16H,9-11H2,1-2H3. The summed E-state index contributed by atoms with van der Waals surface area (Å²) in [4.78, 5) is 14.8. The van der Waals surface area contributed by atoms with E-state index in [1.165, 1.54) is 7.11 Å². The van der Waals surface area contributed by atoms with E-state index in [2.05, 4.69) is 0 Å². The van der Waals surface area contributed by atoms with Gasteiger partial charge in [-0.05, 0) is 29.8 Å². The molecular formula is C19H19Cl2NO4. The van der Waals surface area contributed by atoms with Crippen molar-refractivity contribution in [1.82, 2.24) is 4.90 Å². The lowest BCUT2D eigenvalue weighted by Crippen LogP contribution is -2.42. The van der Waals surface area contributed by atoms with Gasteiger partial charge in [0.1, 0.15) is 17.4 Å². The first-order valence-electron chi connectivity index (χ1n) is 8.12. The van der Waals surface area contributed by atoms with E-state index in [-0.39, 0.29) is 23.3 Å². The van der Waals surface area contributed by atoms with E-state index < -0.39 is 0 Å². The largest absolute Gasteiger partial charge is 0.497 e. The summed E-state index contributed by atoms with van der Waals surface area (Å²) in [5.74, 6) is 0.834. The summed E-state index contributed by atoms with van der Waals surface area (Å²) >= 11 is 12.4. The van der Waals surface area contributed by atoms with E-state index >= 15 is 0 Å². The van der Waals surface area contributed by atoms with Gasteiger partial charge in [0.25, 0.3) is 5.91 Å². The van der Waals surface area contributed by atoms with Crippen LogP contribution < -0.4 is 9.47 Å². The molecule has 1 aliphatic heterocycles. The second-order valence-corrected chi connectivity index (χ2v) is 6.64. The zero-order valence-corrected chi connectivity index (χ0v) is 16.0. The molecular weight excluding hydrogens is 377 g/mol. The van der Waals surface area contributed by atoms with Crippen LogP contribution in [0.2, 0.25) is 10.0 Å². The van der Waals surface area contributed by atoms with Crippen LogP contribution in [-0.4, -0.2) is 44.7 Å². The van der Waals surface area contributed by atoms with Crippen molar-refractivity contribution in [2.45, 2.75) is 6.10 Å². The van der Waals surface area contributed by atoms with Crippen molar-refractivity contribution in [3.63, 3.8) is 0 Å². The first-order valence-corrected chi connectivity index (χ1v) is 8.87. The highest BCUT2D eigenvalue weighted by Crippen LogP contribution is 2.35. The number of rotatable bonds is 4. The molecule has 1 fully saturated rings. The number of nitrogens with zero attached hydrogens (tertiary/aromatic N) is 1. The second-order valence-electron chi connectivity index (χ2n) is 5.82. The van der Waals surface area contributed by atoms with E-state index in [0.29, 0.717) is 29.7 Å². The molecule has 7 heteroatoms. The fraction of sp³-hybridized carbons (Fsp3) is 0.316. The van der Waals surface area contributed by atoms with Crippen molar-refractivity contribution in [2.24, 2.45) is 0 Å². The van der Waals surface area contributed by atoms with Crippen molar-refractivity contribution in [1.29, 1.82) is 0 Å². The molecule has 0 aromatic heterocycles. The van der Waals surface area contributed by atoms with E-state index in [0.717, 1.165) is 11.3 Å². The zero-order chi connectivity index (χ0) is 18.7. The summed E-state index contributed by atoms with van der Waals surface area (Å²) in [5.41, 5.74) is 1.25. The molecule has 1 aliphatic rings. The number of methoxy groups -OCH3 is 2. The maximum Gasteiger partial charge on any atom is 0.259 e. The molecule has 0 saturated carbocycles. The van der Waals surface area contributed by atoms with Crippen molar-refractivity contribution in [3.8, 4) is 11.5 Å². The van der Waals surface area contributed by atoms with E-state index in [1.807, 2.05) is 24.3 Å². The number of benzene rings is 2. The van der Waals surface area contributed by atoms with Crippen molar-refractivity contribution in [2.75, 3.05) is 33.9 Å². The predicted molar refractivity (Wildman–Crippen MR) is 101 cm³/mol. The van der Waals surface area contributed by atoms with Crippen LogP contribution in [0.5, 0.6) is 11.5 Å². The highest BCUT2D eigenvalue weighted by Gasteiger charge is 2.30. The lowest BCUT2D eigenvalue weighted by molar-refractivity contribution is -0.0229. The number of halogens is 2. The molecule has 0 spiro atoms. The molecule has 2 aromatic rings. The van der Waals surface area contributed by atoms with Crippen LogP contribution in [0.4, 0.5) is 0 Å². The van der Waals surface area contributed by atoms with Gasteiger partial charge in [-0.15, -0.1) is 0 Å². The Labute approximate surface area is 162 Å². The maximum atomic E-state index is 13.1. The first-order chi connectivity index (χ1) is 12.5. The van der Waals surface area contributed by atoms with E-state index in [9.17, 15) is 4.79 Å². The molecule has 2 aromatic carbocycles. The Morgan fingerprint density at radius 3 is 2.42 bits per heavy atom. The fourth-order valence-electron chi connectivity index (χ4n) is 2.94. The minimum Gasteiger partial charge on any atom is -0.497 e. The summed E-state index contributed by atoms with van der Waals surface area (Å²) in [6.07, 6.45) is -0.220. The number of carbonyl (C=O) groups excluding carboxylic acids is 1. The molecule has 5 nitrogen and oxygen atoms in total. The minimum absolute atomic E-state index is 0.220. The zero-order valence-electron chi connectivity index (χ0n) is 14.5. The van der Waals surface area contributed by atoms with Gasteiger partial charge in [-0.2, -0.15) is 0 Å². The molecule has 138 valence electrons. The highest BCUT2D eigenvalue weighted by atomic mass is 35.5. The number of hydrogen-bond acceptors (Lipinski definition) is 4. The minimum atomic E-state index is -0.226. The Hall–Kier alpha value is -1.95. The normalized spacial score (nSPS) is 17.1. The van der Waals surface area contributed by atoms with Gasteiger partial charge in [-0.1, -0.05) is 35.3 Å². The van der Waals surface area contributed by atoms with Crippen molar-refractivity contribution in [3.05, 3.63) is 57.6 Å². The molecule has 0 bridgehead atoms. The first kappa shape index (κ1) is 18.8. The predicted octanol–water partition coefficient (Wildman–Crippen LogP) is 4.22. The lowest BCUT2D eigenvalue weighted by Gasteiger charge is -2.33. The van der Waals surface area contributed by atoms with Gasteiger partial charge in [0, 0.05) is 6.54 Å². The quantitative estimate of drug-likeness (QED) is 0.777. The topological polar surface area (TPSA) is 48.0 Å². The molecule has 0 aliphatic carbocycles. The van der Waals surface area contributed by atoms with Gasteiger partial charge in [-0.25, -0.2) is 0 Å². The number of hydrogen-bond donors (Lipinski definition) is 0. The van der Waals surface area contributed by atoms with Gasteiger partial charge in [0.05, 0.1) is 37.4 Å². The van der Waals surface area contributed by atoms with Crippen LogP contribution in [0.3, 0.4) is 0 Å². The number of morpholine rings is 1. The number of amides is 1. The molecule has 1 amide bonds. The number of carbonyl (C=O) groups is 1. The summed E-state index contributed by atoms with van der Waals surface area (Å²) < 4.78 is 16.3. The molecule has 26 heavy (non-hydrogen) atoms. The Morgan fingerprint density at radius 2 is 1.77 bits per heavy atom. The Balaban J connectivity index is 1.83. The Kier molecular flexibility index (Phi) is 5.91. The van der Waals surface area contributed by atoms with Gasteiger partial charge in [-0.3, -0.25) is 4.79 Å². The van der Waals surface area contributed by atoms with Crippen LogP contribution in [-0.2, 0) is 4.74 Å². The fourth-order valence-corrected chi connectivity index (χ4v) is 3.41. The summed E-state index contributed by atoms with van der Waals surface area (Å²) in [7, 11) is 3.09. The lowest BCUT2D eigenvalue weighted by atomic mass is 10.1. The number of ether oxygens (including phenoxy) is 3. The van der Waals surface area contributed by atoms with Crippen LogP contribution in [0, 0.1) is 0 Å². The monoisotopic (exact) mass is 395 g/mol. The molecule has 0 radical (unpaired) electrons. The second kappa shape index (κ2) is 8.16. The average Bonchev–Trinajstić information content (AvgIpc) is 2.69. The van der Waals surface area contributed by atoms with E-state index in [4.69, 9.17) is 37.4 Å². The molecule has 1 unspecified atom stereocenters. The third-order valence-electron chi connectivity index (χ3n) is 4.32. The van der Waals surface area contributed by atoms with Crippen LogP contribution >= 0.6 is 23.2 Å². The summed E-state index contributed by atoms with van der Waals surface area (Å²) in [6, 6.07) is 10.8. The van der Waals surface area contributed by atoms with Crippen LogP contribution in [0.1, 0.15) is 22.0 Å². The van der Waals surface area contributed by atoms with Gasteiger partial charge >= 0.3 is 0 Å². The smallest absolute Gasteiger partial charge is 0.259 e. The molecule has 1 heterocycles. The Morgan fingerprint density at radius 1 is 1.08 bits per heavy atom. The SMILES string of the molecule is COc1ccc(C2CN(C(=O)c3c(Cl)ccc(Cl)c3OC)CCO2)cc1. The molecule has 1 atom stereocenters. The summed E-state index contributed by atoms with van der Waals surface area (Å²) in [6.45, 7) is 1.32. The van der Waals surface area contributed by atoms with Crippen LogP contribution in [0.25, 0.3) is 0 Å². The highest BCUT2D eigenvalue weighted by molar-refractivity contribution is 6.37. The molecule has 0 N–H and O–H groups in total. The average molecular weight is 396 g/mol. The molecule has 1 saturated heterocycles.